The van der Waals surface area contributed by atoms with E-state index in [0.717, 1.165) is 4.88 Å². The number of thiophene rings is 1. The fourth-order valence-corrected chi connectivity index (χ4v) is 4.11. The number of nitrogens with zero attached hydrogens (tertiary/aromatic N) is 2. The SMILES string of the molecule is COc1ccc(OC)c2c1cc(C(=O)O)n2Cc1cc(-c2ccc(Cl)s2)on1. The summed E-state index contributed by atoms with van der Waals surface area (Å²) in [5.41, 5.74) is 1.29. The molecule has 0 bridgehead atoms. The lowest BCUT2D eigenvalue weighted by Crippen LogP contribution is -2.10. The summed E-state index contributed by atoms with van der Waals surface area (Å²) in [5.74, 6) is 0.613. The molecule has 4 aromatic rings. The predicted molar refractivity (Wildman–Crippen MR) is 106 cm³/mol. The van der Waals surface area contributed by atoms with Crippen LogP contribution >= 0.6 is 22.9 Å². The third-order valence-electron chi connectivity index (χ3n) is 4.34. The number of carboxylic acids is 1. The van der Waals surface area contributed by atoms with Gasteiger partial charge in [0.2, 0.25) is 0 Å². The van der Waals surface area contributed by atoms with Crippen molar-refractivity contribution in [2.24, 2.45) is 0 Å². The first-order chi connectivity index (χ1) is 13.5. The Bertz CT molecular complexity index is 1180. The number of hydrogen-bond acceptors (Lipinski definition) is 6. The van der Waals surface area contributed by atoms with Crippen molar-refractivity contribution in [2.75, 3.05) is 14.2 Å². The molecule has 1 N–H and O–H groups in total. The quantitative estimate of drug-likeness (QED) is 0.485. The first-order valence-corrected chi connectivity index (χ1v) is 9.40. The van der Waals surface area contributed by atoms with E-state index < -0.39 is 5.97 Å². The lowest BCUT2D eigenvalue weighted by atomic mass is 10.2. The minimum Gasteiger partial charge on any atom is -0.496 e. The van der Waals surface area contributed by atoms with E-state index in [-0.39, 0.29) is 12.2 Å². The number of carbonyl (C=O) groups is 1. The van der Waals surface area contributed by atoms with Crippen molar-refractivity contribution in [3.05, 3.63) is 52.1 Å². The number of aromatic nitrogens is 2. The summed E-state index contributed by atoms with van der Waals surface area (Å²) >= 11 is 7.35. The van der Waals surface area contributed by atoms with Gasteiger partial charge in [-0.3, -0.25) is 0 Å². The lowest BCUT2D eigenvalue weighted by molar-refractivity contribution is 0.0686. The van der Waals surface area contributed by atoms with Gasteiger partial charge >= 0.3 is 5.97 Å². The van der Waals surface area contributed by atoms with Crippen molar-refractivity contribution in [3.8, 4) is 22.1 Å². The van der Waals surface area contributed by atoms with E-state index in [9.17, 15) is 9.90 Å². The van der Waals surface area contributed by atoms with Crippen molar-refractivity contribution in [2.45, 2.75) is 6.54 Å². The molecule has 0 fully saturated rings. The number of halogens is 1. The highest BCUT2D eigenvalue weighted by atomic mass is 35.5. The highest BCUT2D eigenvalue weighted by Gasteiger charge is 2.22. The fourth-order valence-electron chi connectivity index (χ4n) is 3.12. The molecule has 4 rings (SSSR count). The van der Waals surface area contributed by atoms with E-state index in [1.165, 1.54) is 25.6 Å². The van der Waals surface area contributed by atoms with Crippen LogP contribution in [0.25, 0.3) is 21.5 Å². The molecule has 9 heteroatoms. The van der Waals surface area contributed by atoms with Crippen LogP contribution in [0.3, 0.4) is 0 Å². The fraction of sp³-hybridized carbons (Fsp3) is 0.158. The highest BCUT2D eigenvalue weighted by Crippen LogP contribution is 2.37. The average Bonchev–Trinajstić information content (AvgIpc) is 3.40. The maximum absolute atomic E-state index is 11.9. The lowest BCUT2D eigenvalue weighted by Gasteiger charge is -2.11. The molecule has 3 heterocycles. The summed E-state index contributed by atoms with van der Waals surface area (Å²) in [6.07, 6.45) is 0. The van der Waals surface area contributed by atoms with E-state index in [2.05, 4.69) is 5.16 Å². The Labute approximate surface area is 168 Å². The van der Waals surface area contributed by atoms with Crippen molar-refractivity contribution >= 4 is 39.8 Å². The van der Waals surface area contributed by atoms with Gasteiger partial charge in [0.25, 0.3) is 0 Å². The Balaban J connectivity index is 1.83. The Morgan fingerprint density at radius 1 is 1.21 bits per heavy atom. The average molecular weight is 419 g/mol. The summed E-state index contributed by atoms with van der Waals surface area (Å²) in [5, 5.41) is 14.4. The number of fused-ring (bicyclic) bond motifs is 1. The van der Waals surface area contributed by atoms with E-state index >= 15 is 0 Å². The minimum absolute atomic E-state index is 0.0986. The molecule has 144 valence electrons. The third-order valence-corrected chi connectivity index (χ3v) is 5.58. The molecular weight excluding hydrogens is 404 g/mol. The molecule has 7 nitrogen and oxygen atoms in total. The van der Waals surface area contributed by atoms with E-state index in [4.69, 9.17) is 25.6 Å². The summed E-state index contributed by atoms with van der Waals surface area (Å²) in [7, 11) is 3.07. The molecule has 0 saturated carbocycles. The van der Waals surface area contributed by atoms with Gasteiger partial charge in [-0.05, 0) is 30.3 Å². The molecule has 0 aliphatic carbocycles. The molecule has 0 radical (unpaired) electrons. The van der Waals surface area contributed by atoms with Gasteiger partial charge in [-0.1, -0.05) is 16.8 Å². The van der Waals surface area contributed by atoms with Crippen LogP contribution in [-0.4, -0.2) is 35.0 Å². The minimum atomic E-state index is -1.06. The molecule has 0 spiro atoms. The van der Waals surface area contributed by atoms with E-state index in [1.807, 2.05) is 6.07 Å². The normalized spacial score (nSPS) is 11.1. The van der Waals surface area contributed by atoms with Gasteiger partial charge in [0, 0.05) is 11.5 Å². The van der Waals surface area contributed by atoms with Crippen molar-refractivity contribution in [3.63, 3.8) is 0 Å². The Hall–Kier alpha value is -2.97. The summed E-state index contributed by atoms with van der Waals surface area (Å²) in [4.78, 5) is 12.7. The van der Waals surface area contributed by atoms with Crippen LogP contribution in [0.4, 0.5) is 0 Å². The number of rotatable bonds is 6. The Morgan fingerprint density at radius 3 is 2.61 bits per heavy atom. The van der Waals surface area contributed by atoms with Crippen molar-refractivity contribution in [1.29, 1.82) is 0 Å². The zero-order chi connectivity index (χ0) is 19.8. The second-order valence-electron chi connectivity index (χ2n) is 5.94. The molecule has 0 aliphatic rings. The largest absolute Gasteiger partial charge is 0.496 e. The number of carboxylic acid groups (broad SMARTS) is 1. The summed E-state index contributed by atoms with van der Waals surface area (Å²) in [6.45, 7) is 0.192. The van der Waals surface area contributed by atoms with Crippen LogP contribution in [0, 0.1) is 0 Å². The van der Waals surface area contributed by atoms with Crippen molar-refractivity contribution in [1.82, 2.24) is 9.72 Å². The maximum Gasteiger partial charge on any atom is 0.352 e. The molecule has 0 unspecified atom stereocenters. The first-order valence-electron chi connectivity index (χ1n) is 8.20. The van der Waals surface area contributed by atoms with Crippen LogP contribution in [-0.2, 0) is 6.54 Å². The van der Waals surface area contributed by atoms with Gasteiger partial charge in [0.05, 0.1) is 35.5 Å². The topological polar surface area (TPSA) is 86.7 Å². The molecule has 28 heavy (non-hydrogen) atoms. The molecule has 0 saturated heterocycles. The molecule has 0 atom stereocenters. The zero-order valence-electron chi connectivity index (χ0n) is 14.9. The first kappa shape index (κ1) is 18.4. The maximum atomic E-state index is 11.9. The monoisotopic (exact) mass is 418 g/mol. The second kappa shape index (κ2) is 7.21. The smallest absolute Gasteiger partial charge is 0.352 e. The van der Waals surface area contributed by atoms with E-state index in [0.29, 0.717) is 38.2 Å². The molecule has 1 aromatic carbocycles. The Kier molecular flexibility index (Phi) is 4.74. The van der Waals surface area contributed by atoms with Crippen LogP contribution < -0.4 is 9.47 Å². The molecule has 0 amide bonds. The number of aromatic carboxylic acids is 1. The van der Waals surface area contributed by atoms with Crippen molar-refractivity contribution < 1.29 is 23.9 Å². The molecule has 0 aliphatic heterocycles. The van der Waals surface area contributed by atoms with Crippen LogP contribution in [0.1, 0.15) is 16.2 Å². The summed E-state index contributed by atoms with van der Waals surface area (Å²) in [6, 6.07) is 10.4. The third kappa shape index (κ3) is 3.10. The second-order valence-corrected chi connectivity index (χ2v) is 7.65. The van der Waals surface area contributed by atoms with E-state index in [1.54, 1.807) is 34.9 Å². The standard InChI is InChI=1S/C19H15ClN2O5S/c1-25-13-3-4-14(26-2)18-11(13)8-12(19(23)24)22(18)9-10-7-15(27-21-10)16-5-6-17(20)28-16/h3-8H,9H2,1-2H3,(H,23,24). The molecule has 3 aromatic heterocycles. The van der Waals surface area contributed by atoms with Gasteiger partial charge in [0.15, 0.2) is 5.76 Å². The predicted octanol–water partition coefficient (Wildman–Crippen LogP) is 4.77. The van der Waals surface area contributed by atoms with Gasteiger partial charge in [-0.15, -0.1) is 11.3 Å². The van der Waals surface area contributed by atoms with Gasteiger partial charge in [-0.25, -0.2) is 4.79 Å². The summed E-state index contributed by atoms with van der Waals surface area (Å²) < 4.78 is 18.5. The highest BCUT2D eigenvalue weighted by molar-refractivity contribution is 7.19. The van der Waals surface area contributed by atoms with Crippen LogP contribution in [0.5, 0.6) is 11.5 Å². The number of ether oxygens (including phenoxy) is 2. The van der Waals surface area contributed by atoms with Gasteiger partial charge in [-0.2, -0.15) is 0 Å². The number of hydrogen-bond donors (Lipinski definition) is 1. The molecular formula is C19H15ClN2O5S. The van der Waals surface area contributed by atoms with Gasteiger partial charge in [0.1, 0.15) is 22.9 Å². The van der Waals surface area contributed by atoms with Crippen LogP contribution in [0.15, 0.2) is 40.9 Å². The van der Waals surface area contributed by atoms with Crippen LogP contribution in [0.2, 0.25) is 4.34 Å². The van der Waals surface area contributed by atoms with Gasteiger partial charge < -0.3 is 23.7 Å². The zero-order valence-corrected chi connectivity index (χ0v) is 16.5. The number of benzene rings is 1. The Morgan fingerprint density at radius 2 is 1.96 bits per heavy atom. The number of methoxy groups -OCH3 is 2.